The number of hydrazone groups is 1. The van der Waals surface area contributed by atoms with Gasteiger partial charge in [0, 0.05) is 29.1 Å². The van der Waals surface area contributed by atoms with Gasteiger partial charge in [0.1, 0.15) is 11.5 Å². The molecule has 2 N–H and O–H groups in total. The molecule has 136 valence electrons. The monoisotopic (exact) mass is 375 g/mol. The van der Waals surface area contributed by atoms with Crippen molar-refractivity contribution in [3.8, 4) is 17.2 Å². The van der Waals surface area contributed by atoms with E-state index in [1.54, 1.807) is 31.4 Å². The minimum Gasteiger partial charge on any atom is -0.865 e. The van der Waals surface area contributed by atoms with Crippen LogP contribution in [0.5, 0.6) is 17.2 Å². The number of methoxy groups -OCH3 is 2. The molecule has 0 aliphatic carbocycles. The summed E-state index contributed by atoms with van der Waals surface area (Å²) < 4.78 is 9.97. The minimum atomic E-state index is -0.794. The Kier molecular flexibility index (Phi) is 6.28. The summed E-state index contributed by atoms with van der Waals surface area (Å²) in [6.45, 7) is 0. The molecule has 0 aromatic heterocycles. The number of anilines is 1. The van der Waals surface area contributed by atoms with E-state index >= 15 is 0 Å². The Labute approximate surface area is 154 Å². The van der Waals surface area contributed by atoms with Crippen LogP contribution in [-0.2, 0) is 0 Å². The van der Waals surface area contributed by atoms with Crippen molar-refractivity contribution < 1.29 is 19.5 Å². The van der Waals surface area contributed by atoms with Gasteiger partial charge in [0.05, 0.1) is 25.4 Å². The van der Waals surface area contributed by atoms with E-state index in [0.29, 0.717) is 17.0 Å². The molecule has 10 heteroatoms. The predicted molar refractivity (Wildman–Crippen MR) is 99.0 cm³/mol. The summed E-state index contributed by atoms with van der Waals surface area (Å²) in [6, 6.07) is 9.58. The van der Waals surface area contributed by atoms with E-state index in [0.717, 1.165) is 6.07 Å². The van der Waals surface area contributed by atoms with Gasteiger partial charge in [-0.3, -0.25) is 15.5 Å². The van der Waals surface area contributed by atoms with Gasteiger partial charge in [0.15, 0.2) is 5.11 Å². The largest absolute Gasteiger partial charge is 0.865 e. The third-order valence-electron chi connectivity index (χ3n) is 3.18. The van der Waals surface area contributed by atoms with Crippen LogP contribution < -0.4 is 25.3 Å². The van der Waals surface area contributed by atoms with Gasteiger partial charge in [-0.15, -0.1) is 0 Å². The number of nitro benzene ring substituents is 1. The summed E-state index contributed by atoms with van der Waals surface area (Å²) in [5.41, 5.74) is 2.99. The number of nitrogens with zero attached hydrogens (tertiary/aromatic N) is 2. The van der Waals surface area contributed by atoms with Gasteiger partial charge >= 0.3 is 0 Å². The molecule has 0 saturated heterocycles. The molecular weight excluding hydrogens is 360 g/mol. The zero-order chi connectivity index (χ0) is 19.1. The Morgan fingerprint density at radius 2 is 2.04 bits per heavy atom. The van der Waals surface area contributed by atoms with Crippen LogP contribution in [0, 0.1) is 10.1 Å². The summed E-state index contributed by atoms with van der Waals surface area (Å²) in [4.78, 5) is 10.2. The van der Waals surface area contributed by atoms with Crippen molar-refractivity contribution in [1.82, 2.24) is 5.43 Å². The number of benzene rings is 2. The second-order valence-electron chi connectivity index (χ2n) is 4.88. The van der Waals surface area contributed by atoms with Crippen LogP contribution in [0.3, 0.4) is 0 Å². The maximum absolute atomic E-state index is 11.8. The molecule has 0 unspecified atom stereocenters. The van der Waals surface area contributed by atoms with E-state index in [-0.39, 0.29) is 10.9 Å². The fraction of sp³-hybridized carbons (Fsp3) is 0.125. The number of nitro groups is 1. The average molecular weight is 375 g/mol. The number of thiocarbonyl (C=S) groups is 1. The highest BCUT2D eigenvalue weighted by molar-refractivity contribution is 7.80. The molecule has 2 aromatic carbocycles. The van der Waals surface area contributed by atoms with Crippen LogP contribution in [0.1, 0.15) is 5.56 Å². The summed E-state index contributed by atoms with van der Waals surface area (Å²) in [5.74, 6) is -0.269. The smallest absolute Gasteiger partial charge is 0.266 e. The van der Waals surface area contributed by atoms with Crippen molar-refractivity contribution in [3.05, 3.63) is 52.1 Å². The normalized spacial score (nSPS) is 10.4. The maximum Gasteiger partial charge on any atom is 0.266 e. The summed E-state index contributed by atoms with van der Waals surface area (Å²) >= 11 is 5.11. The second-order valence-corrected chi connectivity index (χ2v) is 5.29. The zero-order valence-corrected chi connectivity index (χ0v) is 14.7. The molecule has 2 rings (SSSR count). The van der Waals surface area contributed by atoms with Crippen molar-refractivity contribution in [2.45, 2.75) is 0 Å². The van der Waals surface area contributed by atoms with Gasteiger partial charge in [0.25, 0.3) is 5.69 Å². The van der Waals surface area contributed by atoms with Crippen LogP contribution in [-0.4, -0.2) is 30.5 Å². The maximum atomic E-state index is 11.8. The van der Waals surface area contributed by atoms with Crippen LogP contribution >= 0.6 is 12.2 Å². The average Bonchev–Trinajstić information content (AvgIpc) is 2.62. The highest BCUT2D eigenvalue weighted by Gasteiger charge is 2.12. The molecule has 0 fully saturated rings. The molecule has 0 atom stereocenters. The fourth-order valence-electron chi connectivity index (χ4n) is 2.00. The Morgan fingerprint density at radius 3 is 2.69 bits per heavy atom. The van der Waals surface area contributed by atoms with Gasteiger partial charge in [0.2, 0.25) is 0 Å². The molecule has 0 saturated carbocycles. The number of hydrogen-bond donors (Lipinski definition) is 2. The van der Waals surface area contributed by atoms with E-state index in [1.807, 2.05) is 0 Å². The zero-order valence-electron chi connectivity index (χ0n) is 13.9. The van der Waals surface area contributed by atoms with Crippen LogP contribution in [0.2, 0.25) is 0 Å². The van der Waals surface area contributed by atoms with E-state index in [9.17, 15) is 15.2 Å². The molecule has 0 spiro atoms. The summed E-state index contributed by atoms with van der Waals surface area (Å²) in [6.07, 6.45) is 1.29. The van der Waals surface area contributed by atoms with Crippen molar-refractivity contribution >= 4 is 34.9 Å². The SMILES string of the molecule is COc1cccc(NC(=S)N/N=C\c2cc(OC)c([O-])c([N+](=O)[O-])c2)c1. The molecule has 0 aliphatic heterocycles. The Balaban J connectivity index is 2.06. The first-order chi connectivity index (χ1) is 12.4. The molecule has 0 radical (unpaired) electrons. The number of rotatable bonds is 6. The highest BCUT2D eigenvalue weighted by Crippen LogP contribution is 2.33. The molecule has 0 heterocycles. The lowest BCUT2D eigenvalue weighted by Gasteiger charge is -2.13. The first kappa shape index (κ1) is 18.9. The van der Waals surface area contributed by atoms with Gasteiger partial charge in [-0.2, -0.15) is 5.10 Å². The minimum absolute atomic E-state index is 0.141. The van der Waals surface area contributed by atoms with Crippen molar-refractivity contribution in [3.63, 3.8) is 0 Å². The lowest BCUT2D eigenvalue weighted by molar-refractivity contribution is -0.398. The molecule has 0 bridgehead atoms. The number of ether oxygens (including phenoxy) is 2. The fourth-order valence-corrected chi connectivity index (χ4v) is 2.17. The van der Waals surface area contributed by atoms with Crippen molar-refractivity contribution in [2.75, 3.05) is 19.5 Å². The van der Waals surface area contributed by atoms with E-state index in [1.165, 1.54) is 19.4 Å². The van der Waals surface area contributed by atoms with Crippen molar-refractivity contribution in [1.29, 1.82) is 0 Å². The van der Waals surface area contributed by atoms with Gasteiger partial charge < -0.3 is 19.9 Å². The van der Waals surface area contributed by atoms with Crippen LogP contribution in [0.25, 0.3) is 0 Å². The summed E-state index contributed by atoms with van der Waals surface area (Å²) in [5, 5.41) is 29.7. The molecule has 2 aromatic rings. The Bertz CT molecular complexity index is 857. The molecule has 0 amide bonds. The van der Waals surface area contributed by atoms with E-state index in [2.05, 4.69) is 15.8 Å². The standard InChI is InChI=1S/C16H16N4O5S/c1-24-12-5-3-4-11(8-12)18-16(26)19-17-9-10-6-13(20(22)23)15(21)14(7-10)25-2/h3-9,21H,1-2H3,(H2,18,19,26)/p-1/b17-9-. The Hall–Kier alpha value is -3.40. The molecule has 9 nitrogen and oxygen atoms in total. The lowest BCUT2D eigenvalue weighted by Crippen LogP contribution is -2.23. The molecule has 0 aliphatic rings. The van der Waals surface area contributed by atoms with Gasteiger partial charge in [-0.25, -0.2) is 0 Å². The predicted octanol–water partition coefficient (Wildman–Crippen LogP) is 2.01. The first-order valence-corrected chi connectivity index (χ1v) is 7.63. The molecular formula is C16H15N4O5S-. The van der Waals surface area contributed by atoms with E-state index < -0.39 is 16.4 Å². The second kappa shape index (κ2) is 8.62. The van der Waals surface area contributed by atoms with Crippen LogP contribution in [0.4, 0.5) is 11.4 Å². The van der Waals surface area contributed by atoms with Crippen molar-refractivity contribution in [2.24, 2.45) is 5.10 Å². The topological polar surface area (TPSA) is 121 Å². The first-order valence-electron chi connectivity index (χ1n) is 7.22. The molecule has 26 heavy (non-hydrogen) atoms. The Morgan fingerprint density at radius 1 is 1.27 bits per heavy atom. The number of hydrogen-bond acceptors (Lipinski definition) is 7. The van der Waals surface area contributed by atoms with Crippen LogP contribution in [0.15, 0.2) is 41.5 Å². The van der Waals surface area contributed by atoms with E-state index in [4.69, 9.17) is 21.7 Å². The van der Waals surface area contributed by atoms with Gasteiger partial charge in [-0.1, -0.05) is 6.07 Å². The highest BCUT2D eigenvalue weighted by atomic mass is 32.1. The summed E-state index contributed by atoms with van der Waals surface area (Å²) in [7, 11) is 2.81. The number of nitrogens with one attached hydrogen (secondary N) is 2. The lowest BCUT2D eigenvalue weighted by atomic mass is 10.2. The third-order valence-corrected chi connectivity index (χ3v) is 3.37. The van der Waals surface area contributed by atoms with Gasteiger partial charge in [-0.05, 0) is 30.4 Å². The third kappa shape index (κ3) is 4.80. The quantitative estimate of drug-likeness (QED) is 0.340.